The molecule has 1 aromatic heterocycles. The van der Waals surface area contributed by atoms with E-state index in [1.807, 2.05) is 31.2 Å². The van der Waals surface area contributed by atoms with Gasteiger partial charge >= 0.3 is 6.09 Å². The predicted molar refractivity (Wildman–Crippen MR) is 124 cm³/mol. The van der Waals surface area contributed by atoms with E-state index in [2.05, 4.69) is 10.6 Å². The van der Waals surface area contributed by atoms with Gasteiger partial charge in [-0.3, -0.25) is 9.59 Å². The maximum atomic E-state index is 13.1. The summed E-state index contributed by atoms with van der Waals surface area (Å²) in [4.78, 5) is 38.2. The Morgan fingerprint density at radius 2 is 1.84 bits per heavy atom. The van der Waals surface area contributed by atoms with Gasteiger partial charge in [0, 0.05) is 12.7 Å². The first-order chi connectivity index (χ1) is 15.1. The predicted octanol–water partition coefficient (Wildman–Crippen LogP) is 3.77. The summed E-state index contributed by atoms with van der Waals surface area (Å²) in [6.07, 6.45) is 4.54. The fraction of sp³-hybridized carbons (Fsp3) is 0.480. The molecule has 0 bridgehead atoms. The summed E-state index contributed by atoms with van der Waals surface area (Å²) in [6.45, 7) is 8.07. The van der Waals surface area contributed by atoms with E-state index in [1.165, 1.54) is 0 Å². The second-order valence-electron chi connectivity index (χ2n) is 9.64. The normalized spacial score (nSPS) is 15.2. The molecule has 2 N–H and O–H groups in total. The smallest absolute Gasteiger partial charge is 0.407 e. The van der Waals surface area contributed by atoms with Gasteiger partial charge < -0.3 is 19.9 Å². The molecule has 2 aromatic rings. The lowest BCUT2D eigenvalue weighted by molar-refractivity contribution is 0.0504. The standard InChI is InChI=1S/C25H33N3O4/c1-18-9-7-10-19(15-18)16-28-14-8-11-20(22(28)30)21(29)27-25(12-5-6-13-25)17-26-23(31)32-24(2,3)4/h7-11,14-15H,5-6,12-13,16-17H2,1-4H3,(H,26,31)(H,27,29). The highest BCUT2D eigenvalue weighted by Gasteiger charge is 2.36. The number of nitrogens with zero attached hydrogens (tertiary/aromatic N) is 1. The fourth-order valence-electron chi connectivity index (χ4n) is 4.10. The number of pyridine rings is 1. The van der Waals surface area contributed by atoms with Crippen LogP contribution < -0.4 is 16.2 Å². The lowest BCUT2D eigenvalue weighted by Gasteiger charge is -2.31. The molecule has 1 heterocycles. The average molecular weight is 440 g/mol. The van der Waals surface area contributed by atoms with Crippen LogP contribution in [0.3, 0.4) is 0 Å². The van der Waals surface area contributed by atoms with Crippen LogP contribution in [0.1, 0.15) is 67.9 Å². The summed E-state index contributed by atoms with van der Waals surface area (Å²) in [5.74, 6) is -0.415. The molecule has 0 saturated heterocycles. The van der Waals surface area contributed by atoms with Gasteiger partial charge in [0.25, 0.3) is 11.5 Å². The lowest BCUT2D eigenvalue weighted by Crippen LogP contribution is -2.55. The Balaban J connectivity index is 1.73. The van der Waals surface area contributed by atoms with Gasteiger partial charge in [0.1, 0.15) is 11.2 Å². The number of carbonyl (C=O) groups excluding carboxylic acids is 2. The molecule has 7 heteroatoms. The summed E-state index contributed by atoms with van der Waals surface area (Å²) < 4.78 is 6.86. The lowest BCUT2D eigenvalue weighted by atomic mass is 9.97. The van der Waals surface area contributed by atoms with Crippen LogP contribution in [-0.2, 0) is 11.3 Å². The van der Waals surface area contributed by atoms with Crippen LogP contribution in [0.5, 0.6) is 0 Å². The van der Waals surface area contributed by atoms with E-state index in [-0.39, 0.29) is 17.7 Å². The minimum Gasteiger partial charge on any atom is -0.444 e. The molecule has 0 spiro atoms. The van der Waals surface area contributed by atoms with Crippen molar-refractivity contribution in [3.05, 3.63) is 69.6 Å². The zero-order valence-electron chi connectivity index (χ0n) is 19.4. The molecule has 2 amide bonds. The number of amides is 2. The van der Waals surface area contributed by atoms with Gasteiger partial charge in [0.15, 0.2) is 0 Å². The molecule has 1 fully saturated rings. The molecule has 0 aliphatic heterocycles. The maximum Gasteiger partial charge on any atom is 0.407 e. The third kappa shape index (κ3) is 6.22. The van der Waals surface area contributed by atoms with Crippen molar-refractivity contribution in [2.75, 3.05) is 6.54 Å². The molecule has 1 aliphatic carbocycles. The van der Waals surface area contributed by atoms with Crippen LogP contribution in [0, 0.1) is 6.92 Å². The number of benzene rings is 1. The number of carbonyl (C=O) groups is 2. The van der Waals surface area contributed by atoms with E-state index < -0.39 is 23.1 Å². The number of aryl methyl sites for hydroxylation is 1. The van der Waals surface area contributed by atoms with E-state index >= 15 is 0 Å². The molecule has 0 unspecified atom stereocenters. The van der Waals surface area contributed by atoms with Crippen molar-refractivity contribution in [2.45, 2.75) is 71.1 Å². The van der Waals surface area contributed by atoms with Crippen molar-refractivity contribution in [3.8, 4) is 0 Å². The minimum atomic E-state index is -0.595. The zero-order chi connectivity index (χ0) is 23.4. The van der Waals surface area contributed by atoms with Crippen molar-refractivity contribution in [1.82, 2.24) is 15.2 Å². The quantitative estimate of drug-likeness (QED) is 0.717. The molecule has 32 heavy (non-hydrogen) atoms. The highest BCUT2D eigenvalue weighted by molar-refractivity contribution is 5.94. The third-order valence-corrected chi connectivity index (χ3v) is 5.61. The summed E-state index contributed by atoms with van der Waals surface area (Å²) in [5, 5.41) is 5.83. The van der Waals surface area contributed by atoms with E-state index in [1.54, 1.807) is 43.7 Å². The van der Waals surface area contributed by atoms with Gasteiger partial charge in [0.05, 0.1) is 12.1 Å². The second-order valence-corrected chi connectivity index (χ2v) is 9.64. The van der Waals surface area contributed by atoms with Crippen molar-refractivity contribution >= 4 is 12.0 Å². The Kier molecular flexibility index (Phi) is 7.06. The topological polar surface area (TPSA) is 89.4 Å². The Bertz CT molecular complexity index is 1030. The van der Waals surface area contributed by atoms with Gasteiger partial charge in [-0.05, 0) is 58.2 Å². The minimum absolute atomic E-state index is 0.101. The molecule has 1 saturated carbocycles. The van der Waals surface area contributed by atoms with Crippen molar-refractivity contribution in [3.63, 3.8) is 0 Å². The van der Waals surface area contributed by atoms with Gasteiger partial charge in [-0.2, -0.15) is 0 Å². The second kappa shape index (κ2) is 9.59. The van der Waals surface area contributed by atoms with Crippen LogP contribution in [-0.4, -0.2) is 34.3 Å². The third-order valence-electron chi connectivity index (χ3n) is 5.61. The number of hydrogen-bond donors (Lipinski definition) is 2. The van der Waals surface area contributed by atoms with Crippen LogP contribution >= 0.6 is 0 Å². The van der Waals surface area contributed by atoms with Crippen LogP contribution in [0.25, 0.3) is 0 Å². The van der Waals surface area contributed by atoms with Gasteiger partial charge in [0.2, 0.25) is 0 Å². The van der Waals surface area contributed by atoms with Gasteiger partial charge in [-0.1, -0.05) is 42.7 Å². The Hall–Kier alpha value is -3.09. The van der Waals surface area contributed by atoms with E-state index in [4.69, 9.17) is 4.74 Å². The first kappa shape index (κ1) is 23.6. The van der Waals surface area contributed by atoms with Crippen LogP contribution in [0.15, 0.2) is 47.4 Å². The summed E-state index contributed by atoms with van der Waals surface area (Å²) in [5.41, 5.74) is 0.701. The molecule has 7 nitrogen and oxygen atoms in total. The van der Waals surface area contributed by atoms with Crippen molar-refractivity contribution in [2.24, 2.45) is 0 Å². The molecular weight excluding hydrogens is 406 g/mol. The highest BCUT2D eigenvalue weighted by atomic mass is 16.6. The molecule has 172 valence electrons. The number of ether oxygens (including phenoxy) is 1. The Morgan fingerprint density at radius 1 is 1.12 bits per heavy atom. The number of alkyl carbamates (subject to hydrolysis) is 1. The van der Waals surface area contributed by atoms with E-state index in [9.17, 15) is 14.4 Å². The molecule has 0 radical (unpaired) electrons. The van der Waals surface area contributed by atoms with Crippen LogP contribution in [0.2, 0.25) is 0 Å². The molecular formula is C25H33N3O4. The molecule has 0 atom stereocenters. The Labute approximate surface area is 189 Å². The van der Waals surface area contributed by atoms with Crippen molar-refractivity contribution < 1.29 is 14.3 Å². The number of nitrogens with one attached hydrogen (secondary N) is 2. The summed E-state index contributed by atoms with van der Waals surface area (Å²) in [7, 11) is 0. The largest absolute Gasteiger partial charge is 0.444 e. The molecule has 1 aliphatic rings. The summed E-state index contributed by atoms with van der Waals surface area (Å²) >= 11 is 0. The fourth-order valence-corrected chi connectivity index (χ4v) is 4.10. The molecule has 3 rings (SSSR count). The number of rotatable bonds is 6. The zero-order valence-corrected chi connectivity index (χ0v) is 19.4. The first-order valence-electron chi connectivity index (χ1n) is 11.1. The first-order valence-corrected chi connectivity index (χ1v) is 11.1. The van der Waals surface area contributed by atoms with Crippen LogP contribution in [0.4, 0.5) is 4.79 Å². The molecule has 1 aromatic carbocycles. The van der Waals surface area contributed by atoms with E-state index in [0.29, 0.717) is 6.54 Å². The number of hydrogen-bond acceptors (Lipinski definition) is 4. The maximum absolute atomic E-state index is 13.1. The highest BCUT2D eigenvalue weighted by Crippen LogP contribution is 2.29. The average Bonchev–Trinajstić information content (AvgIpc) is 3.15. The Morgan fingerprint density at radius 3 is 2.50 bits per heavy atom. The van der Waals surface area contributed by atoms with Crippen molar-refractivity contribution in [1.29, 1.82) is 0 Å². The van der Waals surface area contributed by atoms with E-state index in [0.717, 1.165) is 36.8 Å². The van der Waals surface area contributed by atoms with Gasteiger partial charge in [-0.25, -0.2) is 4.79 Å². The van der Waals surface area contributed by atoms with Gasteiger partial charge in [-0.15, -0.1) is 0 Å². The number of aromatic nitrogens is 1. The SMILES string of the molecule is Cc1cccc(Cn2cccc(C(=O)NC3(CNC(=O)OC(C)(C)C)CCCC3)c2=O)c1. The monoisotopic (exact) mass is 439 g/mol. The summed E-state index contributed by atoms with van der Waals surface area (Å²) in [6, 6.07) is 11.2.